The first-order valence-electron chi connectivity index (χ1n) is 9.87. The zero-order valence-electron chi connectivity index (χ0n) is 16.2. The van der Waals surface area contributed by atoms with E-state index in [2.05, 4.69) is 0 Å². The van der Waals surface area contributed by atoms with E-state index in [0.717, 1.165) is 6.08 Å². The number of carbonyl (C=O) groups excluding carboxylic acids is 3. The Hall–Kier alpha value is -2.57. The fourth-order valence-electron chi connectivity index (χ4n) is 3.91. The number of carbonyl (C=O) groups is 3. The van der Waals surface area contributed by atoms with Crippen LogP contribution in [0.1, 0.15) is 49.4 Å². The largest absolute Gasteiger partial charge is 0.462 e. The number of alkyl halides is 2. The highest BCUT2D eigenvalue weighted by Crippen LogP contribution is 2.43. The summed E-state index contributed by atoms with van der Waals surface area (Å²) < 4.78 is 38.8. The van der Waals surface area contributed by atoms with E-state index in [0.29, 0.717) is 12.0 Å². The Morgan fingerprint density at radius 3 is 2.69 bits per heavy atom. The van der Waals surface area contributed by atoms with E-state index in [4.69, 9.17) is 9.47 Å². The van der Waals surface area contributed by atoms with Gasteiger partial charge in [0.2, 0.25) is 5.78 Å². The molecule has 0 spiro atoms. The molecule has 2 aliphatic rings. The molecule has 0 radical (unpaired) electrons. The van der Waals surface area contributed by atoms with Gasteiger partial charge in [0.15, 0.2) is 0 Å². The zero-order chi connectivity index (χ0) is 21.0. The third-order valence-corrected chi connectivity index (χ3v) is 5.49. The molecule has 1 heterocycles. The van der Waals surface area contributed by atoms with Crippen molar-refractivity contribution in [3.8, 4) is 0 Å². The first kappa shape index (κ1) is 21.1. The van der Waals surface area contributed by atoms with Crippen LogP contribution in [0.3, 0.4) is 0 Å². The molecule has 4 atom stereocenters. The SMILES string of the molecule is CCCCC(F)(F)C(=O)/C=C/[C@H]1[C@@H]2CC(=O)O[C@@H]2C[C@@H]1OC(=O)c1ccccc1. The number of esters is 2. The Morgan fingerprint density at radius 1 is 1.28 bits per heavy atom. The van der Waals surface area contributed by atoms with Crippen LogP contribution in [0.4, 0.5) is 8.78 Å². The van der Waals surface area contributed by atoms with Gasteiger partial charge in [-0.2, -0.15) is 8.78 Å². The van der Waals surface area contributed by atoms with E-state index in [9.17, 15) is 23.2 Å². The minimum absolute atomic E-state index is 0.111. The Labute approximate surface area is 168 Å². The predicted molar refractivity (Wildman–Crippen MR) is 100 cm³/mol. The summed E-state index contributed by atoms with van der Waals surface area (Å²) in [5.74, 6) is -6.45. The first-order chi connectivity index (χ1) is 13.8. The van der Waals surface area contributed by atoms with Crippen LogP contribution in [-0.2, 0) is 19.1 Å². The van der Waals surface area contributed by atoms with Gasteiger partial charge in [-0.15, -0.1) is 0 Å². The van der Waals surface area contributed by atoms with Crippen molar-refractivity contribution in [2.75, 3.05) is 0 Å². The summed E-state index contributed by atoms with van der Waals surface area (Å²) in [7, 11) is 0. The molecular weight excluding hydrogens is 382 g/mol. The summed E-state index contributed by atoms with van der Waals surface area (Å²) in [5, 5.41) is 0. The van der Waals surface area contributed by atoms with E-state index >= 15 is 0 Å². The number of rotatable bonds is 8. The van der Waals surface area contributed by atoms with Gasteiger partial charge >= 0.3 is 17.9 Å². The quantitative estimate of drug-likeness (QED) is 0.480. The van der Waals surface area contributed by atoms with Crippen LogP contribution in [0.15, 0.2) is 42.5 Å². The molecule has 0 unspecified atom stereocenters. The smallest absolute Gasteiger partial charge is 0.338 e. The summed E-state index contributed by atoms with van der Waals surface area (Å²) in [6.07, 6.45) is 1.84. The van der Waals surface area contributed by atoms with Crippen molar-refractivity contribution < 1.29 is 32.6 Å². The number of hydrogen-bond donors (Lipinski definition) is 0. The number of halogens is 2. The molecule has 0 N–H and O–H groups in total. The maximum atomic E-state index is 14.0. The van der Waals surface area contributed by atoms with Crippen LogP contribution in [0.2, 0.25) is 0 Å². The van der Waals surface area contributed by atoms with Gasteiger partial charge in [-0.25, -0.2) is 4.79 Å². The summed E-state index contributed by atoms with van der Waals surface area (Å²) in [5.41, 5.74) is 0.367. The minimum atomic E-state index is -3.43. The van der Waals surface area contributed by atoms with Crippen LogP contribution in [0.25, 0.3) is 0 Å². The molecule has 0 bridgehead atoms. The van der Waals surface area contributed by atoms with Gasteiger partial charge in [-0.3, -0.25) is 9.59 Å². The van der Waals surface area contributed by atoms with Gasteiger partial charge in [0.1, 0.15) is 12.2 Å². The topological polar surface area (TPSA) is 69.7 Å². The van der Waals surface area contributed by atoms with Crippen LogP contribution < -0.4 is 0 Å². The molecule has 1 saturated heterocycles. The lowest BCUT2D eigenvalue weighted by molar-refractivity contribution is -0.142. The molecule has 7 heteroatoms. The molecular formula is C22H24F2O5. The van der Waals surface area contributed by atoms with Gasteiger partial charge in [0.25, 0.3) is 0 Å². The second-order valence-electron chi connectivity index (χ2n) is 7.55. The average Bonchev–Trinajstić information content (AvgIpc) is 3.20. The van der Waals surface area contributed by atoms with Crippen LogP contribution in [-0.4, -0.2) is 35.9 Å². The average molecular weight is 406 g/mol. The maximum absolute atomic E-state index is 14.0. The molecule has 0 aromatic heterocycles. The van der Waals surface area contributed by atoms with Crippen molar-refractivity contribution >= 4 is 17.7 Å². The molecule has 0 amide bonds. The van der Waals surface area contributed by atoms with E-state index in [1.54, 1.807) is 37.3 Å². The third kappa shape index (κ3) is 4.89. The second-order valence-corrected chi connectivity index (χ2v) is 7.55. The van der Waals surface area contributed by atoms with Crippen molar-refractivity contribution in [2.24, 2.45) is 11.8 Å². The summed E-state index contributed by atoms with van der Waals surface area (Å²) >= 11 is 0. The van der Waals surface area contributed by atoms with Crippen molar-refractivity contribution in [3.63, 3.8) is 0 Å². The second kappa shape index (κ2) is 8.84. The molecule has 1 aliphatic carbocycles. The molecule has 1 aromatic rings. The van der Waals surface area contributed by atoms with Crippen molar-refractivity contribution in [3.05, 3.63) is 48.0 Å². The van der Waals surface area contributed by atoms with Gasteiger partial charge < -0.3 is 9.47 Å². The number of fused-ring (bicyclic) bond motifs is 1. The van der Waals surface area contributed by atoms with E-state index in [1.165, 1.54) is 6.08 Å². The predicted octanol–water partition coefficient (Wildman–Crippen LogP) is 4.11. The Bertz CT molecular complexity index is 790. The van der Waals surface area contributed by atoms with Crippen LogP contribution in [0, 0.1) is 11.8 Å². The molecule has 5 nitrogen and oxygen atoms in total. The number of allylic oxidation sites excluding steroid dienone is 1. The Kier molecular flexibility index (Phi) is 6.45. The fraction of sp³-hybridized carbons (Fsp3) is 0.500. The van der Waals surface area contributed by atoms with Gasteiger partial charge in [-0.05, 0) is 24.6 Å². The molecule has 1 aliphatic heterocycles. The summed E-state index contributed by atoms with van der Waals surface area (Å²) in [6, 6.07) is 8.40. The number of benzene rings is 1. The van der Waals surface area contributed by atoms with E-state index in [-0.39, 0.29) is 31.1 Å². The third-order valence-electron chi connectivity index (χ3n) is 5.49. The van der Waals surface area contributed by atoms with Crippen molar-refractivity contribution in [1.29, 1.82) is 0 Å². The van der Waals surface area contributed by atoms with Gasteiger partial charge in [0.05, 0.1) is 12.0 Å². The van der Waals surface area contributed by atoms with Crippen LogP contribution >= 0.6 is 0 Å². The lowest BCUT2D eigenvalue weighted by Crippen LogP contribution is -2.28. The number of ketones is 1. The molecule has 3 rings (SSSR count). The maximum Gasteiger partial charge on any atom is 0.338 e. The molecule has 1 saturated carbocycles. The van der Waals surface area contributed by atoms with Gasteiger partial charge in [-0.1, -0.05) is 37.6 Å². The lowest BCUT2D eigenvalue weighted by atomic mass is 9.91. The zero-order valence-corrected chi connectivity index (χ0v) is 16.2. The van der Waals surface area contributed by atoms with E-state index < -0.39 is 42.2 Å². The molecule has 2 fully saturated rings. The molecule has 1 aromatic carbocycles. The lowest BCUT2D eigenvalue weighted by Gasteiger charge is -2.20. The van der Waals surface area contributed by atoms with Gasteiger partial charge in [0, 0.05) is 24.7 Å². The summed E-state index contributed by atoms with van der Waals surface area (Å²) in [6.45, 7) is 1.78. The van der Waals surface area contributed by atoms with Crippen molar-refractivity contribution in [1.82, 2.24) is 0 Å². The highest BCUT2D eigenvalue weighted by atomic mass is 19.3. The molecule has 29 heavy (non-hydrogen) atoms. The summed E-state index contributed by atoms with van der Waals surface area (Å²) in [4.78, 5) is 36.0. The number of ether oxygens (including phenoxy) is 2. The number of unbranched alkanes of at least 4 members (excludes halogenated alkanes) is 1. The highest BCUT2D eigenvalue weighted by molar-refractivity contribution is 5.95. The normalized spacial score (nSPS) is 26.4. The minimum Gasteiger partial charge on any atom is -0.462 e. The first-order valence-corrected chi connectivity index (χ1v) is 9.87. The highest BCUT2D eigenvalue weighted by Gasteiger charge is 2.51. The monoisotopic (exact) mass is 406 g/mol. The Morgan fingerprint density at radius 2 is 2.00 bits per heavy atom. The fourth-order valence-corrected chi connectivity index (χ4v) is 3.91. The molecule has 156 valence electrons. The Balaban J connectivity index is 1.74. The van der Waals surface area contributed by atoms with E-state index in [1.807, 2.05) is 0 Å². The van der Waals surface area contributed by atoms with Crippen molar-refractivity contribution in [2.45, 2.75) is 57.2 Å². The number of hydrogen-bond acceptors (Lipinski definition) is 5. The standard InChI is InChI=1S/C22H24F2O5/c1-2-3-11-22(23,24)19(25)10-9-15-16-12-20(26)28-18(16)13-17(15)29-21(27)14-7-5-4-6-8-14/h4-10,15-18H,2-3,11-13H2,1H3/b10-9+/t15-,16-,17-,18+/m0/s1. The van der Waals surface area contributed by atoms with Crippen LogP contribution in [0.5, 0.6) is 0 Å².